The summed E-state index contributed by atoms with van der Waals surface area (Å²) in [6.07, 6.45) is 2.09. The van der Waals surface area contributed by atoms with Crippen molar-refractivity contribution in [2.24, 2.45) is 5.41 Å². The van der Waals surface area contributed by atoms with Crippen LogP contribution in [0.3, 0.4) is 0 Å². The first-order chi connectivity index (χ1) is 9.27. The summed E-state index contributed by atoms with van der Waals surface area (Å²) in [6.45, 7) is 0.923. The highest BCUT2D eigenvalue weighted by atomic mass is 16.5. The van der Waals surface area contributed by atoms with Crippen LogP contribution in [0.25, 0.3) is 11.0 Å². The Bertz CT molecular complexity index is 620. The number of ether oxygens (including phenoxy) is 1. The van der Waals surface area contributed by atoms with Crippen molar-refractivity contribution < 1.29 is 14.3 Å². The molecule has 3 rings (SSSR count). The number of hydrogen-bond donors (Lipinski definition) is 1. The first kappa shape index (κ1) is 12.2. The average molecular weight is 257 g/mol. The topological polar surface area (TPSA) is 66.4 Å². The van der Waals surface area contributed by atoms with Crippen molar-refractivity contribution in [3.05, 3.63) is 36.1 Å². The van der Waals surface area contributed by atoms with Crippen LogP contribution in [-0.4, -0.2) is 18.3 Å². The van der Waals surface area contributed by atoms with E-state index in [2.05, 4.69) is 6.07 Å². The van der Waals surface area contributed by atoms with Crippen molar-refractivity contribution >= 4 is 11.0 Å². The molecule has 2 unspecified atom stereocenters. The van der Waals surface area contributed by atoms with Crippen LogP contribution >= 0.6 is 0 Å². The molecule has 0 radical (unpaired) electrons. The smallest absolute Gasteiger partial charge is 0.134 e. The van der Waals surface area contributed by atoms with Crippen LogP contribution in [0, 0.1) is 16.7 Å². The van der Waals surface area contributed by atoms with Crippen molar-refractivity contribution in [1.82, 2.24) is 0 Å². The van der Waals surface area contributed by atoms with Crippen molar-refractivity contribution in [3.8, 4) is 6.07 Å². The maximum Gasteiger partial charge on any atom is 0.134 e. The number of benzene rings is 1. The third-order valence-corrected chi connectivity index (χ3v) is 3.82. The normalized spacial score (nSPS) is 25.1. The number of furan rings is 1. The SMILES string of the molecule is N#CC1(C(O)c2coc3ccccc23)CCCOC1. The lowest BCUT2D eigenvalue weighted by atomic mass is 9.76. The Labute approximate surface area is 111 Å². The summed E-state index contributed by atoms with van der Waals surface area (Å²) < 4.78 is 10.8. The van der Waals surface area contributed by atoms with Crippen LogP contribution in [0.1, 0.15) is 24.5 Å². The number of aliphatic hydroxyl groups is 1. The van der Waals surface area contributed by atoms with E-state index in [9.17, 15) is 10.4 Å². The van der Waals surface area contributed by atoms with Gasteiger partial charge in [0.2, 0.25) is 0 Å². The minimum Gasteiger partial charge on any atom is -0.464 e. The fourth-order valence-corrected chi connectivity index (χ4v) is 2.69. The van der Waals surface area contributed by atoms with Crippen LogP contribution in [0.5, 0.6) is 0 Å². The van der Waals surface area contributed by atoms with Crippen LogP contribution in [0.2, 0.25) is 0 Å². The molecular formula is C15H15NO3. The second-order valence-electron chi connectivity index (χ2n) is 5.01. The van der Waals surface area contributed by atoms with Gasteiger partial charge in [-0.3, -0.25) is 0 Å². The Hall–Kier alpha value is -1.83. The van der Waals surface area contributed by atoms with Gasteiger partial charge in [0.1, 0.15) is 17.1 Å². The molecule has 1 fully saturated rings. The molecule has 0 aliphatic carbocycles. The summed E-state index contributed by atoms with van der Waals surface area (Å²) in [7, 11) is 0. The number of aliphatic hydroxyl groups excluding tert-OH is 1. The first-order valence-electron chi connectivity index (χ1n) is 6.40. The van der Waals surface area contributed by atoms with E-state index >= 15 is 0 Å². The van der Waals surface area contributed by atoms with Crippen LogP contribution in [-0.2, 0) is 4.74 Å². The van der Waals surface area contributed by atoms with Crippen molar-refractivity contribution in [1.29, 1.82) is 5.26 Å². The predicted molar refractivity (Wildman–Crippen MR) is 69.3 cm³/mol. The van der Waals surface area contributed by atoms with E-state index in [1.165, 1.54) is 0 Å². The number of nitriles is 1. The van der Waals surface area contributed by atoms with Crippen LogP contribution < -0.4 is 0 Å². The quantitative estimate of drug-likeness (QED) is 0.898. The molecule has 98 valence electrons. The Morgan fingerprint density at radius 2 is 2.21 bits per heavy atom. The lowest BCUT2D eigenvalue weighted by Gasteiger charge is -2.34. The molecule has 2 atom stereocenters. The molecule has 1 aliphatic rings. The predicted octanol–water partition coefficient (Wildman–Crippen LogP) is 2.79. The van der Waals surface area contributed by atoms with Gasteiger partial charge in [0, 0.05) is 17.6 Å². The Kier molecular flexibility index (Phi) is 3.02. The van der Waals surface area contributed by atoms with E-state index in [0.717, 1.165) is 17.4 Å². The number of nitrogens with zero attached hydrogens (tertiary/aromatic N) is 1. The van der Waals surface area contributed by atoms with E-state index in [0.29, 0.717) is 18.6 Å². The summed E-state index contributed by atoms with van der Waals surface area (Å²) in [5.41, 5.74) is 0.522. The molecule has 0 amide bonds. The zero-order chi connectivity index (χ0) is 13.3. The second kappa shape index (κ2) is 4.69. The van der Waals surface area contributed by atoms with Gasteiger partial charge in [-0.1, -0.05) is 18.2 Å². The monoisotopic (exact) mass is 257 g/mol. The Balaban J connectivity index is 2.03. The Morgan fingerprint density at radius 3 is 2.95 bits per heavy atom. The first-order valence-corrected chi connectivity index (χ1v) is 6.40. The number of para-hydroxylation sites is 1. The summed E-state index contributed by atoms with van der Waals surface area (Å²) in [5, 5.41) is 20.9. The van der Waals surface area contributed by atoms with Crippen molar-refractivity contribution in [2.75, 3.05) is 13.2 Å². The standard InChI is InChI=1S/C15H15NO3/c16-9-15(6-3-7-18-10-15)14(17)12-8-19-13-5-2-1-4-11(12)13/h1-2,4-5,8,14,17H,3,6-7,10H2. The molecule has 19 heavy (non-hydrogen) atoms. The zero-order valence-corrected chi connectivity index (χ0v) is 10.5. The van der Waals surface area contributed by atoms with Crippen LogP contribution in [0.4, 0.5) is 0 Å². The Morgan fingerprint density at radius 1 is 1.37 bits per heavy atom. The van der Waals surface area contributed by atoms with Gasteiger partial charge < -0.3 is 14.3 Å². The zero-order valence-electron chi connectivity index (χ0n) is 10.5. The molecule has 1 aliphatic heterocycles. The minimum atomic E-state index is -0.888. The molecule has 0 saturated carbocycles. The fraction of sp³-hybridized carbons (Fsp3) is 0.400. The number of fused-ring (bicyclic) bond motifs is 1. The molecule has 4 nitrogen and oxygen atoms in total. The van der Waals surface area contributed by atoms with E-state index < -0.39 is 11.5 Å². The maximum atomic E-state index is 10.6. The van der Waals surface area contributed by atoms with E-state index in [1.54, 1.807) is 6.26 Å². The molecular weight excluding hydrogens is 242 g/mol. The molecule has 1 N–H and O–H groups in total. The molecule has 2 heterocycles. The minimum absolute atomic E-state index is 0.268. The molecule has 0 spiro atoms. The van der Waals surface area contributed by atoms with Gasteiger partial charge in [0.15, 0.2) is 0 Å². The van der Waals surface area contributed by atoms with Gasteiger partial charge in [0.05, 0.1) is 18.9 Å². The molecule has 1 aromatic heterocycles. The summed E-state index contributed by atoms with van der Waals surface area (Å²) in [6, 6.07) is 9.77. The second-order valence-corrected chi connectivity index (χ2v) is 5.01. The van der Waals surface area contributed by atoms with Crippen molar-refractivity contribution in [2.45, 2.75) is 18.9 Å². The highest BCUT2D eigenvalue weighted by Gasteiger charge is 2.42. The summed E-state index contributed by atoms with van der Waals surface area (Å²) >= 11 is 0. The van der Waals surface area contributed by atoms with Crippen LogP contribution in [0.15, 0.2) is 34.9 Å². The lowest BCUT2D eigenvalue weighted by Crippen LogP contribution is -2.36. The fourth-order valence-electron chi connectivity index (χ4n) is 2.69. The van der Waals surface area contributed by atoms with Gasteiger partial charge in [0.25, 0.3) is 0 Å². The highest BCUT2D eigenvalue weighted by Crippen LogP contribution is 2.42. The molecule has 4 heteroatoms. The molecule has 1 saturated heterocycles. The van der Waals surface area contributed by atoms with Gasteiger partial charge >= 0.3 is 0 Å². The summed E-state index contributed by atoms with van der Waals surface area (Å²) in [5.74, 6) is 0. The van der Waals surface area contributed by atoms with Gasteiger partial charge in [-0.25, -0.2) is 0 Å². The van der Waals surface area contributed by atoms with E-state index in [-0.39, 0.29) is 6.61 Å². The third kappa shape index (κ3) is 1.92. The average Bonchev–Trinajstić information content (AvgIpc) is 2.91. The van der Waals surface area contributed by atoms with Gasteiger partial charge in [-0.15, -0.1) is 0 Å². The molecule has 2 aromatic rings. The number of rotatable bonds is 2. The summed E-state index contributed by atoms with van der Waals surface area (Å²) in [4.78, 5) is 0. The van der Waals surface area contributed by atoms with E-state index in [1.807, 2.05) is 24.3 Å². The lowest BCUT2D eigenvalue weighted by molar-refractivity contribution is -0.0502. The highest BCUT2D eigenvalue weighted by molar-refractivity contribution is 5.81. The van der Waals surface area contributed by atoms with Gasteiger partial charge in [-0.2, -0.15) is 5.26 Å². The van der Waals surface area contributed by atoms with Crippen molar-refractivity contribution in [3.63, 3.8) is 0 Å². The maximum absolute atomic E-state index is 10.6. The third-order valence-electron chi connectivity index (χ3n) is 3.82. The largest absolute Gasteiger partial charge is 0.464 e. The molecule has 1 aromatic carbocycles. The van der Waals surface area contributed by atoms with E-state index in [4.69, 9.17) is 9.15 Å². The number of hydrogen-bond acceptors (Lipinski definition) is 4. The molecule has 0 bridgehead atoms. The van der Waals surface area contributed by atoms with Gasteiger partial charge in [-0.05, 0) is 18.9 Å².